The van der Waals surface area contributed by atoms with Gasteiger partial charge in [0.05, 0.1) is 18.8 Å². The molecule has 0 aromatic rings. The van der Waals surface area contributed by atoms with Gasteiger partial charge in [-0.15, -0.1) is 0 Å². The van der Waals surface area contributed by atoms with Crippen LogP contribution in [0, 0.1) is 0 Å². The molecule has 0 bridgehead atoms. The zero-order valence-corrected chi connectivity index (χ0v) is 11.9. The van der Waals surface area contributed by atoms with Crippen LogP contribution >= 0.6 is 0 Å². The van der Waals surface area contributed by atoms with Crippen molar-refractivity contribution in [2.75, 3.05) is 39.5 Å². The van der Waals surface area contributed by atoms with Gasteiger partial charge in [0.1, 0.15) is 0 Å². The molecule has 1 aliphatic rings. The summed E-state index contributed by atoms with van der Waals surface area (Å²) in [6.45, 7) is 8.99. The molecule has 1 saturated heterocycles. The Labute approximate surface area is 111 Å². The van der Waals surface area contributed by atoms with Crippen molar-refractivity contribution >= 4 is 0 Å². The van der Waals surface area contributed by atoms with E-state index < -0.39 is 0 Å². The van der Waals surface area contributed by atoms with Crippen molar-refractivity contribution in [1.82, 2.24) is 4.90 Å². The van der Waals surface area contributed by atoms with Gasteiger partial charge in [-0.25, -0.2) is 0 Å². The minimum Gasteiger partial charge on any atom is -0.389 e. The molecule has 1 N–H and O–H groups in total. The molecule has 18 heavy (non-hydrogen) atoms. The first-order chi connectivity index (χ1) is 8.76. The minimum atomic E-state index is -0.356. The number of ether oxygens (including phenoxy) is 2. The van der Waals surface area contributed by atoms with Crippen LogP contribution in [0.5, 0.6) is 0 Å². The Morgan fingerprint density at radius 2 is 2.00 bits per heavy atom. The van der Waals surface area contributed by atoms with Gasteiger partial charge in [0.15, 0.2) is 0 Å². The van der Waals surface area contributed by atoms with E-state index in [0.717, 1.165) is 58.5 Å². The fourth-order valence-corrected chi connectivity index (χ4v) is 2.31. The second kappa shape index (κ2) is 9.73. The molecule has 0 saturated carbocycles. The first-order valence-corrected chi connectivity index (χ1v) is 7.36. The fourth-order valence-electron chi connectivity index (χ4n) is 2.31. The maximum atomic E-state index is 9.87. The van der Waals surface area contributed by atoms with Gasteiger partial charge < -0.3 is 19.5 Å². The fraction of sp³-hybridized carbons (Fsp3) is 1.00. The smallest absolute Gasteiger partial charge is 0.0900 e. The third-order valence-electron chi connectivity index (χ3n) is 3.36. The number of β-amino-alcohol motifs (C(OH)–C–C–N with tert-alkyl or cyclic N) is 1. The topological polar surface area (TPSA) is 41.9 Å². The number of aliphatic hydroxyl groups is 1. The molecule has 1 heterocycles. The number of hydrogen-bond donors (Lipinski definition) is 1. The van der Waals surface area contributed by atoms with E-state index in [2.05, 4.69) is 11.8 Å². The van der Waals surface area contributed by atoms with Crippen molar-refractivity contribution in [2.45, 2.75) is 51.7 Å². The van der Waals surface area contributed by atoms with E-state index in [1.54, 1.807) is 0 Å². The summed E-state index contributed by atoms with van der Waals surface area (Å²) in [5.41, 5.74) is 0. The quantitative estimate of drug-likeness (QED) is 0.640. The van der Waals surface area contributed by atoms with Gasteiger partial charge >= 0.3 is 0 Å². The Morgan fingerprint density at radius 3 is 2.61 bits per heavy atom. The number of hydrogen-bond acceptors (Lipinski definition) is 4. The van der Waals surface area contributed by atoms with E-state index in [-0.39, 0.29) is 6.10 Å². The van der Waals surface area contributed by atoms with Crippen LogP contribution in [-0.2, 0) is 9.47 Å². The average Bonchev–Trinajstić information content (AvgIpc) is 2.37. The van der Waals surface area contributed by atoms with Gasteiger partial charge in [0, 0.05) is 32.8 Å². The molecule has 1 fully saturated rings. The molecular weight excluding hydrogens is 230 g/mol. The highest BCUT2D eigenvalue weighted by Crippen LogP contribution is 2.13. The summed E-state index contributed by atoms with van der Waals surface area (Å²) in [5.74, 6) is 0. The summed E-state index contributed by atoms with van der Waals surface area (Å²) >= 11 is 0. The van der Waals surface area contributed by atoms with Crippen LogP contribution in [0.25, 0.3) is 0 Å². The Balaban J connectivity index is 2.05. The largest absolute Gasteiger partial charge is 0.389 e. The van der Waals surface area contributed by atoms with Crippen LogP contribution in [-0.4, -0.2) is 61.7 Å². The summed E-state index contributed by atoms with van der Waals surface area (Å²) in [5, 5.41) is 9.87. The van der Waals surface area contributed by atoms with Gasteiger partial charge in [-0.05, 0) is 26.2 Å². The van der Waals surface area contributed by atoms with Crippen LogP contribution in [0.2, 0.25) is 0 Å². The monoisotopic (exact) mass is 259 g/mol. The predicted octanol–water partition coefficient (Wildman–Crippen LogP) is 1.66. The Hall–Kier alpha value is -0.160. The van der Waals surface area contributed by atoms with Crippen LogP contribution in [0.4, 0.5) is 0 Å². The van der Waals surface area contributed by atoms with Crippen LogP contribution in [0.3, 0.4) is 0 Å². The number of rotatable bonds is 9. The van der Waals surface area contributed by atoms with Gasteiger partial charge in [-0.2, -0.15) is 0 Å². The van der Waals surface area contributed by atoms with Crippen LogP contribution in [0.15, 0.2) is 0 Å². The number of aliphatic hydroxyl groups excluding tert-OH is 1. The second-order valence-electron chi connectivity index (χ2n) is 5.04. The van der Waals surface area contributed by atoms with Crippen molar-refractivity contribution in [1.29, 1.82) is 0 Å². The third kappa shape index (κ3) is 6.69. The molecule has 1 unspecified atom stereocenters. The zero-order valence-electron chi connectivity index (χ0n) is 11.9. The number of piperidine rings is 1. The molecule has 4 nitrogen and oxygen atoms in total. The molecule has 0 aliphatic carbocycles. The number of likely N-dealkylation sites (tertiary alicyclic amines) is 1. The minimum absolute atomic E-state index is 0.356. The Bertz CT molecular complexity index is 193. The molecular formula is C14H29NO3. The van der Waals surface area contributed by atoms with Gasteiger partial charge in [-0.3, -0.25) is 0 Å². The highest BCUT2D eigenvalue weighted by atomic mass is 16.5. The van der Waals surface area contributed by atoms with Gasteiger partial charge in [0.25, 0.3) is 0 Å². The average molecular weight is 259 g/mol. The molecule has 4 heteroatoms. The molecule has 0 aromatic carbocycles. The van der Waals surface area contributed by atoms with Crippen molar-refractivity contribution in [2.24, 2.45) is 0 Å². The molecule has 0 aromatic heterocycles. The predicted molar refractivity (Wildman–Crippen MR) is 72.8 cm³/mol. The zero-order chi connectivity index (χ0) is 13.2. The van der Waals surface area contributed by atoms with Crippen molar-refractivity contribution in [3.05, 3.63) is 0 Å². The summed E-state index contributed by atoms with van der Waals surface area (Å²) in [7, 11) is 0. The van der Waals surface area contributed by atoms with E-state index in [1.165, 1.54) is 0 Å². The van der Waals surface area contributed by atoms with E-state index in [0.29, 0.717) is 12.7 Å². The molecule has 0 spiro atoms. The first-order valence-electron chi connectivity index (χ1n) is 7.36. The molecule has 0 radical (unpaired) electrons. The van der Waals surface area contributed by atoms with E-state index in [1.807, 2.05) is 6.92 Å². The lowest BCUT2D eigenvalue weighted by atomic mass is 10.1. The molecule has 1 rings (SSSR count). The van der Waals surface area contributed by atoms with Crippen molar-refractivity contribution in [3.63, 3.8) is 0 Å². The Morgan fingerprint density at radius 1 is 1.28 bits per heavy atom. The van der Waals surface area contributed by atoms with Crippen molar-refractivity contribution in [3.8, 4) is 0 Å². The maximum Gasteiger partial charge on any atom is 0.0900 e. The highest BCUT2D eigenvalue weighted by molar-refractivity contribution is 4.74. The van der Waals surface area contributed by atoms with Gasteiger partial charge in [-0.1, -0.05) is 13.3 Å². The Kier molecular flexibility index (Phi) is 8.59. The van der Waals surface area contributed by atoms with Crippen LogP contribution in [0.1, 0.15) is 39.5 Å². The maximum absolute atomic E-state index is 9.87. The second-order valence-corrected chi connectivity index (χ2v) is 5.04. The highest BCUT2D eigenvalue weighted by Gasteiger charge is 2.20. The summed E-state index contributed by atoms with van der Waals surface area (Å²) in [4.78, 5) is 2.31. The summed E-state index contributed by atoms with van der Waals surface area (Å²) < 4.78 is 11.0. The number of nitrogens with zero attached hydrogens (tertiary/aromatic N) is 1. The van der Waals surface area contributed by atoms with E-state index >= 15 is 0 Å². The lowest BCUT2D eigenvalue weighted by molar-refractivity contribution is -0.0147. The van der Waals surface area contributed by atoms with Gasteiger partial charge in [0.2, 0.25) is 0 Å². The molecule has 1 aliphatic heterocycles. The summed E-state index contributed by atoms with van der Waals surface area (Å²) in [6, 6.07) is 0. The van der Waals surface area contributed by atoms with Crippen LogP contribution < -0.4 is 0 Å². The lowest BCUT2D eigenvalue weighted by Gasteiger charge is -2.32. The molecule has 0 amide bonds. The van der Waals surface area contributed by atoms with Crippen molar-refractivity contribution < 1.29 is 14.6 Å². The normalized spacial score (nSPS) is 20.2. The number of unbranched alkanes of at least 4 members (excludes halogenated alkanes) is 1. The summed E-state index contributed by atoms with van der Waals surface area (Å²) in [6.07, 6.45) is 4.44. The van der Waals surface area contributed by atoms with E-state index in [4.69, 9.17) is 9.47 Å². The third-order valence-corrected chi connectivity index (χ3v) is 3.36. The lowest BCUT2D eigenvalue weighted by Crippen LogP contribution is -2.42. The standard InChI is InChI=1S/C14H29NO3/c1-3-5-10-17-12-13(16)11-15-8-6-14(7-9-15)18-4-2/h13-14,16H,3-12H2,1-2H3. The first kappa shape index (κ1) is 15.9. The molecule has 108 valence electrons. The van der Waals surface area contributed by atoms with E-state index in [9.17, 15) is 5.11 Å². The SMILES string of the molecule is CCCCOCC(O)CN1CCC(OCC)CC1. The molecule has 1 atom stereocenters.